The van der Waals surface area contributed by atoms with Crippen LogP contribution in [0.1, 0.15) is 52.0 Å². The van der Waals surface area contributed by atoms with Crippen LogP contribution in [0.5, 0.6) is 0 Å². The van der Waals surface area contributed by atoms with Gasteiger partial charge in [-0.2, -0.15) is 0 Å². The van der Waals surface area contributed by atoms with E-state index in [2.05, 4.69) is 16.0 Å². The smallest absolute Gasteiger partial charge is 0.262 e. The Bertz CT molecular complexity index is 914. The molecule has 3 N–H and O–H groups in total. The molecule has 0 spiro atoms. The van der Waals surface area contributed by atoms with Crippen molar-refractivity contribution in [3.63, 3.8) is 0 Å². The molecule has 4 unspecified atom stereocenters. The fraction of sp³-hybridized carbons (Fsp3) is 0.524. The van der Waals surface area contributed by atoms with Gasteiger partial charge in [-0.15, -0.1) is 0 Å². The number of hydrogen-bond acceptors (Lipinski definition) is 6. The van der Waals surface area contributed by atoms with E-state index in [4.69, 9.17) is 0 Å². The van der Waals surface area contributed by atoms with Gasteiger partial charge in [-0.05, 0) is 55.3 Å². The van der Waals surface area contributed by atoms with E-state index in [9.17, 15) is 19.2 Å². The van der Waals surface area contributed by atoms with Crippen LogP contribution in [-0.2, 0) is 16.1 Å². The molecule has 8 nitrogen and oxygen atoms in total. The summed E-state index contributed by atoms with van der Waals surface area (Å²) in [5.41, 5.74) is 1.58. The molecule has 0 radical (unpaired) electrons. The monoisotopic (exact) mass is 396 g/mol. The number of piperidine rings is 1. The van der Waals surface area contributed by atoms with Crippen LogP contribution in [0.2, 0.25) is 0 Å². The number of benzene rings is 1. The second-order valence-electron chi connectivity index (χ2n) is 8.47. The highest BCUT2D eigenvalue weighted by atomic mass is 16.2. The normalized spacial score (nSPS) is 30.8. The van der Waals surface area contributed by atoms with Crippen LogP contribution < -0.4 is 16.0 Å². The number of carbonyl (C=O) groups is 4. The van der Waals surface area contributed by atoms with Crippen molar-refractivity contribution >= 4 is 23.6 Å². The Kier molecular flexibility index (Phi) is 4.48. The standard InChI is InChI=1S/C21H24N4O4/c26-18-6-5-17(19(27)24-18)25-20(28)14-3-1-11(7-15(14)21(25)29)8-22-10-16-13-4-2-12(13)9-23-16/h1,3,7,12-13,16-17,22-23H,2,4-6,8-10H2,(H,24,26,27). The van der Waals surface area contributed by atoms with Crippen LogP contribution in [0.3, 0.4) is 0 Å². The fourth-order valence-corrected chi connectivity index (χ4v) is 5.06. The van der Waals surface area contributed by atoms with E-state index in [0.717, 1.165) is 35.4 Å². The largest absolute Gasteiger partial charge is 0.312 e. The molecule has 4 atom stereocenters. The minimum Gasteiger partial charge on any atom is -0.312 e. The number of rotatable bonds is 5. The van der Waals surface area contributed by atoms with Crippen molar-refractivity contribution in [2.75, 3.05) is 13.1 Å². The molecule has 1 aromatic carbocycles. The van der Waals surface area contributed by atoms with E-state index >= 15 is 0 Å². The maximum absolute atomic E-state index is 12.9. The number of fused-ring (bicyclic) bond motifs is 2. The van der Waals surface area contributed by atoms with Gasteiger partial charge in [0.25, 0.3) is 11.8 Å². The van der Waals surface area contributed by atoms with E-state index < -0.39 is 23.8 Å². The van der Waals surface area contributed by atoms with E-state index in [1.807, 2.05) is 6.07 Å². The Hall–Kier alpha value is -2.58. The third kappa shape index (κ3) is 3.07. The first kappa shape index (κ1) is 18.4. The molecule has 3 fully saturated rings. The highest BCUT2D eigenvalue weighted by Crippen LogP contribution is 2.40. The molecule has 29 heavy (non-hydrogen) atoms. The first-order valence-corrected chi connectivity index (χ1v) is 10.3. The highest BCUT2D eigenvalue weighted by molar-refractivity contribution is 6.23. The van der Waals surface area contributed by atoms with Crippen molar-refractivity contribution < 1.29 is 19.2 Å². The minimum atomic E-state index is -0.925. The molecule has 4 aliphatic rings. The van der Waals surface area contributed by atoms with Crippen molar-refractivity contribution in [1.29, 1.82) is 0 Å². The van der Waals surface area contributed by atoms with Crippen LogP contribution in [0.4, 0.5) is 0 Å². The topological polar surface area (TPSA) is 108 Å². The van der Waals surface area contributed by atoms with Crippen LogP contribution in [0, 0.1) is 11.8 Å². The number of imide groups is 2. The molecule has 4 amide bonds. The summed E-state index contributed by atoms with van der Waals surface area (Å²) in [6, 6.07) is 4.83. The number of hydrogen-bond donors (Lipinski definition) is 3. The van der Waals surface area contributed by atoms with E-state index in [1.54, 1.807) is 12.1 Å². The van der Waals surface area contributed by atoms with Gasteiger partial charge in [0.2, 0.25) is 11.8 Å². The summed E-state index contributed by atoms with van der Waals surface area (Å²) >= 11 is 0. The lowest BCUT2D eigenvalue weighted by Gasteiger charge is -2.33. The van der Waals surface area contributed by atoms with Crippen LogP contribution in [-0.4, -0.2) is 53.7 Å². The molecule has 1 saturated carbocycles. The number of nitrogens with zero attached hydrogens (tertiary/aromatic N) is 1. The lowest BCUT2D eigenvalue weighted by molar-refractivity contribution is -0.136. The highest BCUT2D eigenvalue weighted by Gasteiger charge is 2.45. The van der Waals surface area contributed by atoms with E-state index in [-0.39, 0.29) is 18.7 Å². The molecular weight excluding hydrogens is 372 g/mol. The summed E-state index contributed by atoms with van der Waals surface area (Å²) in [7, 11) is 0. The van der Waals surface area contributed by atoms with Gasteiger partial charge in [0.05, 0.1) is 11.1 Å². The van der Waals surface area contributed by atoms with Crippen molar-refractivity contribution in [2.45, 2.75) is 44.3 Å². The second-order valence-corrected chi connectivity index (χ2v) is 8.47. The summed E-state index contributed by atoms with van der Waals surface area (Å²) in [6.07, 6.45) is 2.92. The molecule has 5 rings (SSSR count). The Morgan fingerprint density at radius 2 is 1.86 bits per heavy atom. The third-order valence-corrected chi connectivity index (χ3v) is 6.83. The summed E-state index contributed by atoms with van der Waals surface area (Å²) < 4.78 is 0. The average Bonchev–Trinajstić information content (AvgIpc) is 3.08. The number of carbonyl (C=O) groups excluding carboxylic acids is 4. The van der Waals surface area contributed by atoms with Gasteiger partial charge in [-0.3, -0.25) is 29.4 Å². The molecule has 2 saturated heterocycles. The van der Waals surface area contributed by atoms with Crippen LogP contribution >= 0.6 is 0 Å². The van der Waals surface area contributed by atoms with Gasteiger partial charge in [-0.25, -0.2) is 0 Å². The summed E-state index contributed by atoms with van der Waals surface area (Å²) in [4.78, 5) is 50.1. The van der Waals surface area contributed by atoms with Gasteiger partial charge in [0.1, 0.15) is 6.04 Å². The zero-order chi connectivity index (χ0) is 20.1. The molecule has 3 aliphatic heterocycles. The predicted molar refractivity (Wildman–Crippen MR) is 103 cm³/mol. The van der Waals surface area contributed by atoms with Gasteiger partial charge in [-0.1, -0.05) is 6.07 Å². The summed E-state index contributed by atoms with van der Waals surface area (Å²) in [5, 5.41) is 9.25. The molecule has 1 aliphatic carbocycles. The molecule has 0 aromatic heterocycles. The van der Waals surface area contributed by atoms with Gasteiger partial charge in [0, 0.05) is 25.6 Å². The zero-order valence-electron chi connectivity index (χ0n) is 16.1. The van der Waals surface area contributed by atoms with Crippen molar-refractivity contribution in [2.24, 2.45) is 11.8 Å². The quantitative estimate of drug-likeness (QED) is 0.613. The third-order valence-electron chi connectivity index (χ3n) is 6.83. The first-order chi connectivity index (χ1) is 14.0. The Labute approximate surface area is 168 Å². The van der Waals surface area contributed by atoms with Gasteiger partial charge >= 0.3 is 0 Å². The Morgan fingerprint density at radius 3 is 2.59 bits per heavy atom. The second kappa shape index (κ2) is 7.03. The molecule has 3 heterocycles. The maximum atomic E-state index is 12.9. The summed E-state index contributed by atoms with van der Waals surface area (Å²) in [6.45, 7) is 2.61. The lowest BCUT2D eigenvalue weighted by Crippen LogP contribution is -2.54. The van der Waals surface area contributed by atoms with E-state index in [0.29, 0.717) is 23.7 Å². The fourth-order valence-electron chi connectivity index (χ4n) is 5.06. The van der Waals surface area contributed by atoms with Crippen molar-refractivity contribution in [1.82, 2.24) is 20.9 Å². The molecule has 152 valence electrons. The van der Waals surface area contributed by atoms with Crippen LogP contribution in [0.25, 0.3) is 0 Å². The Balaban J connectivity index is 1.25. The zero-order valence-corrected chi connectivity index (χ0v) is 16.1. The minimum absolute atomic E-state index is 0.121. The first-order valence-electron chi connectivity index (χ1n) is 10.3. The average molecular weight is 396 g/mol. The van der Waals surface area contributed by atoms with E-state index in [1.165, 1.54) is 12.8 Å². The molecule has 8 heteroatoms. The summed E-state index contributed by atoms with van der Waals surface area (Å²) in [5.74, 6) is -0.272. The molecule has 1 aromatic rings. The van der Waals surface area contributed by atoms with Gasteiger partial charge in [0.15, 0.2) is 0 Å². The Morgan fingerprint density at radius 1 is 1.03 bits per heavy atom. The van der Waals surface area contributed by atoms with Crippen molar-refractivity contribution in [3.8, 4) is 0 Å². The van der Waals surface area contributed by atoms with Gasteiger partial charge < -0.3 is 10.6 Å². The predicted octanol–water partition coefficient (Wildman–Crippen LogP) is 0.175. The maximum Gasteiger partial charge on any atom is 0.262 e. The van der Waals surface area contributed by atoms with Crippen molar-refractivity contribution in [3.05, 3.63) is 34.9 Å². The lowest BCUT2D eigenvalue weighted by atomic mass is 9.73. The number of nitrogens with one attached hydrogen (secondary N) is 3. The number of amides is 4. The van der Waals surface area contributed by atoms with Crippen LogP contribution in [0.15, 0.2) is 18.2 Å². The SMILES string of the molecule is O=C1CCC(N2C(=O)c3ccc(CNCC4NCC5CCC54)cc3C2=O)C(=O)N1. The molecular formula is C21H24N4O4. The molecule has 0 bridgehead atoms.